The van der Waals surface area contributed by atoms with Crippen molar-refractivity contribution in [3.05, 3.63) is 101 Å². The van der Waals surface area contributed by atoms with Crippen molar-refractivity contribution in [3.8, 4) is 0 Å². The Kier molecular flexibility index (Phi) is 5.21. The van der Waals surface area contributed by atoms with Crippen LogP contribution in [0.25, 0.3) is 0 Å². The van der Waals surface area contributed by atoms with E-state index in [9.17, 15) is 19.5 Å². The van der Waals surface area contributed by atoms with Crippen LogP contribution in [0.2, 0.25) is 0 Å². The monoisotopic (exact) mass is 441 g/mol. The summed E-state index contributed by atoms with van der Waals surface area (Å²) in [5.74, 6) is -4.12. The maximum absolute atomic E-state index is 13.5. The van der Waals surface area contributed by atoms with Crippen LogP contribution in [-0.4, -0.2) is 29.6 Å². The molecule has 166 valence electrons. The average Bonchev–Trinajstić information content (AvgIpc) is 2.84. The number of nitrogens with one attached hydrogen (secondary N) is 1. The zero-order chi connectivity index (χ0) is 23.1. The van der Waals surface area contributed by atoms with Crippen LogP contribution in [0.1, 0.15) is 51.4 Å². The minimum absolute atomic E-state index is 0.279. The number of ether oxygens (including phenoxy) is 1. The summed E-state index contributed by atoms with van der Waals surface area (Å²) >= 11 is 0. The van der Waals surface area contributed by atoms with Crippen LogP contribution in [0, 0.1) is 11.8 Å². The lowest BCUT2D eigenvalue weighted by atomic mass is 9.54. The number of carbonyl (C=O) groups is 3. The third-order valence-corrected chi connectivity index (χ3v) is 6.69. The summed E-state index contributed by atoms with van der Waals surface area (Å²) in [4.78, 5) is 37.9. The Labute approximate surface area is 191 Å². The summed E-state index contributed by atoms with van der Waals surface area (Å²) in [6.07, 6.45) is 0. The standard InChI is InChI=1S/C27H23NO5/c1-2-33-27(32)15-11-13-16(14-12-15)28-25(29)23-21-17-7-3-5-9-19(17)22(24(23)26(30)31)20-10-6-4-8-18(20)21/h3-14,21-24H,2H2,1H3,(H,28,29)(H,30,31)/t21?,22?,23-,24+/m0/s1. The number of carboxylic acid groups (broad SMARTS) is 1. The molecule has 6 rings (SSSR count). The lowest BCUT2D eigenvalue weighted by molar-refractivity contribution is -0.148. The second kappa shape index (κ2) is 8.20. The minimum atomic E-state index is -0.980. The Morgan fingerprint density at radius 2 is 1.27 bits per heavy atom. The lowest BCUT2D eigenvalue weighted by Crippen LogP contribution is -2.48. The van der Waals surface area contributed by atoms with Gasteiger partial charge in [-0.2, -0.15) is 0 Å². The highest BCUT2D eigenvalue weighted by molar-refractivity contribution is 5.98. The number of carboxylic acids is 1. The topological polar surface area (TPSA) is 92.7 Å². The van der Waals surface area contributed by atoms with Gasteiger partial charge in [0.2, 0.25) is 5.91 Å². The second-order valence-corrected chi connectivity index (χ2v) is 8.39. The van der Waals surface area contributed by atoms with Crippen molar-refractivity contribution in [1.29, 1.82) is 0 Å². The van der Waals surface area contributed by atoms with Crippen LogP contribution >= 0.6 is 0 Å². The van der Waals surface area contributed by atoms with Gasteiger partial charge < -0.3 is 15.2 Å². The van der Waals surface area contributed by atoms with Gasteiger partial charge in [-0.15, -0.1) is 0 Å². The molecule has 0 spiro atoms. The molecule has 0 aliphatic heterocycles. The fourth-order valence-electron chi connectivity index (χ4n) is 5.42. The van der Waals surface area contributed by atoms with Gasteiger partial charge in [0.15, 0.2) is 0 Å². The zero-order valence-corrected chi connectivity index (χ0v) is 18.0. The van der Waals surface area contributed by atoms with Crippen molar-refractivity contribution in [2.24, 2.45) is 11.8 Å². The first-order chi connectivity index (χ1) is 16.0. The molecule has 1 amide bonds. The molecule has 2 bridgehead atoms. The van der Waals surface area contributed by atoms with E-state index in [1.54, 1.807) is 31.2 Å². The van der Waals surface area contributed by atoms with Crippen molar-refractivity contribution >= 4 is 23.5 Å². The van der Waals surface area contributed by atoms with Crippen LogP contribution in [-0.2, 0) is 14.3 Å². The van der Waals surface area contributed by atoms with Gasteiger partial charge in [-0.25, -0.2) is 4.79 Å². The first kappa shape index (κ1) is 20.9. The van der Waals surface area contributed by atoms with Crippen molar-refractivity contribution in [1.82, 2.24) is 0 Å². The highest BCUT2D eigenvalue weighted by atomic mass is 16.5. The summed E-state index contributed by atoms with van der Waals surface area (Å²) in [5.41, 5.74) is 4.87. The number of rotatable bonds is 5. The van der Waals surface area contributed by atoms with Gasteiger partial charge in [0.05, 0.1) is 24.0 Å². The summed E-state index contributed by atoms with van der Waals surface area (Å²) < 4.78 is 4.99. The zero-order valence-electron chi connectivity index (χ0n) is 18.0. The second-order valence-electron chi connectivity index (χ2n) is 8.39. The predicted octanol–water partition coefficient (Wildman–Crippen LogP) is 4.41. The van der Waals surface area contributed by atoms with E-state index in [-0.39, 0.29) is 24.3 Å². The Hall–Kier alpha value is -3.93. The Bertz CT molecular complexity index is 1200. The number of carbonyl (C=O) groups excluding carboxylic acids is 2. The van der Waals surface area contributed by atoms with Crippen LogP contribution in [0.15, 0.2) is 72.8 Å². The summed E-state index contributed by atoms with van der Waals surface area (Å²) in [5, 5.41) is 13.1. The highest BCUT2D eigenvalue weighted by Crippen LogP contribution is 2.58. The molecule has 0 heterocycles. The molecule has 3 aromatic rings. The number of fused-ring (bicyclic) bond motifs is 1. The quantitative estimate of drug-likeness (QED) is 0.572. The largest absolute Gasteiger partial charge is 0.481 e. The molecule has 33 heavy (non-hydrogen) atoms. The number of benzene rings is 3. The molecule has 3 aliphatic rings. The molecule has 2 N–H and O–H groups in total. The van der Waals surface area contributed by atoms with Gasteiger partial charge in [0.1, 0.15) is 0 Å². The number of esters is 1. The molecule has 6 heteroatoms. The Morgan fingerprint density at radius 3 is 1.73 bits per heavy atom. The molecule has 6 nitrogen and oxygen atoms in total. The Balaban J connectivity index is 1.52. The van der Waals surface area contributed by atoms with Gasteiger partial charge in [-0.1, -0.05) is 48.5 Å². The molecular formula is C27H23NO5. The van der Waals surface area contributed by atoms with E-state index >= 15 is 0 Å². The predicted molar refractivity (Wildman–Crippen MR) is 122 cm³/mol. The number of hydrogen-bond donors (Lipinski definition) is 2. The van der Waals surface area contributed by atoms with E-state index in [4.69, 9.17) is 4.74 Å². The molecule has 3 aliphatic carbocycles. The van der Waals surface area contributed by atoms with E-state index in [0.717, 1.165) is 22.3 Å². The van der Waals surface area contributed by atoms with Crippen molar-refractivity contribution in [2.75, 3.05) is 11.9 Å². The summed E-state index contributed by atoms with van der Waals surface area (Å²) in [6, 6.07) is 22.1. The maximum atomic E-state index is 13.5. The molecule has 0 unspecified atom stereocenters. The van der Waals surface area contributed by atoms with E-state index in [1.165, 1.54) is 0 Å². The number of anilines is 1. The smallest absolute Gasteiger partial charge is 0.338 e. The Morgan fingerprint density at radius 1 is 0.788 bits per heavy atom. The molecule has 2 atom stereocenters. The first-order valence-electron chi connectivity index (χ1n) is 11.0. The molecule has 0 fully saturated rings. The van der Waals surface area contributed by atoms with Crippen LogP contribution in [0.3, 0.4) is 0 Å². The van der Waals surface area contributed by atoms with Crippen LogP contribution < -0.4 is 5.32 Å². The fourth-order valence-corrected chi connectivity index (χ4v) is 5.42. The minimum Gasteiger partial charge on any atom is -0.481 e. The molecule has 0 aromatic heterocycles. The first-order valence-corrected chi connectivity index (χ1v) is 11.0. The third-order valence-electron chi connectivity index (χ3n) is 6.69. The molecular weight excluding hydrogens is 418 g/mol. The van der Waals surface area contributed by atoms with E-state index in [0.29, 0.717) is 11.3 Å². The molecule has 0 saturated carbocycles. The van der Waals surface area contributed by atoms with Crippen LogP contribution in [0.4, 0.5) is 5.69 Å². The maximum Gasteiger partial charge on any atom is 0.338 e. The SMILES string of the molecule is CCOC(=O)c1ccc(NC(=O)[C@H]2C3c4ccccc4C(c4ccccc43)[C@H]2C(=O)O)cc1. The number of aliphatic carboxylic acids is 1. The van der Waals surface area contributed by atoms with Gasteiger partial charge in [-0.3, -0.25) is 9.59 Å². The van der Waals surface area contributed by atoms with Crippen molar-refractivity contribution in [3.63, 3.8) is 0 Å². The number of hydrogen-bond acceptors (Lipinski definition) is 4. The summed E-state index contributed by atoms with van der Waals surface area (Å²) in [6.45, 7) is 2.01. The molecule has 0 radical (unpaired) electrons. The molecule has 3 aromatic carbocycles. The van der Waals surface area contributed by atoms with Gasteiger partial charge in [0, 0.05) is 17.5 Å². The van der Waals surface area contributed by atoms with Gasteiger partial charge in [-0.05, 0) is 53.4 Å². The average molecular weight is 441 g/mol. The highest BCUT2D eigenvalue weighted by Gasteiger charge is 2.55. The molecule has 0 saturated heterocycles. The van der Waals surface area contributed by atoms with Crippen LogP contribution in [0.5, 0.6) is 0 Å². The van der Waals surface area contributed by atoms with E-state index in [2.05, 4.69) is 5.32 Å². The fraction of sp³-hybridized carbons (Fsp3) is 0.222. The number of amides is 1. The van der Waals surface area contributed by atoms with Crippen molar-refractivity contribution in [2.45, 2.75) is 18.8 Å². The van der Waals surface area contributed by atoms with E-state index < -0.39 is 23.8 Å². The summed E-state index contributed by atoms with van der Waals surface area (Å²) in [7, 11) is 0. The van der Waals surface area contributed by atoms with E-state index in [1.807, 2.05) is 48.5 Å². The normalized spacial score (nSPS) is 22.1. The van der Waals surface area contributed by atoms with Gasteiger partial charge in [0.25, 0.3) is 0 Å². The third kappa shape index (κ3) is 3.39. The lowest BCUT2D eigenvalue weighted by Gasteiger charge is -2.48. The van der Waals surface area contributed by atoms with Crippen molar-refractivity contribution < 1.29 is 24.2 Å². The van der Waals surface area contributed by atoms with Gasteiger partial charge >= 0.3 is 11.9 Å².